The molecule has 0 aromatic carbocycles. The summed E-state index contributed by atoms with van der Waals surface area (Å²) in [7, 11) is -0.306. The predicted octanol–water partition coefficient (Wildman–Crippen LogP) is 4.13. The quantitative estimate of drug-likeness (QED) is 0.280. The SMILES string of the molecule is CCCCCCN=CCC[SiH2]OC(CC)CCC. The van der Waals surface area contributed by atoms with Crippen LogP contribution in [-0.4, -0.2) is 28.6 Å². The van der Waals surface area contributed by atoms with Crippen LogP contribution in [0.25, 0.3) is 0 Å². The molecule has 0 fully saturated rings. The molecule has 0 N–H and O–H groups in total. The predicted molar refractivity (Wildman–Crippen MR) is 85.5 cm³/mol. The van der Waals surface area contributed by atoms with E-state index in [9.17, 15) is 0 Å². The Morgan fingerprint density at radius 1 is 1.11 bits per heavy atom. The molecule has 1 atom stereocenters. The second-order valence-electron chi connectivity index (χ2n) is 4.98. The van der Waals surface area contributed by atoms with Gasteiger partial charge in [-0.25, -0.2) is 0 Å². The van der Waals surface area contributed by atoms with Crippen LogP contribution in [0.4, 0.5) is 0 Å². The van der Waals surface area contributed by atoms with Gasteiger partial charge in [-0.1, -0.05) is 46.5 Å². The summed E-state index contributed by atoms with van der Waals surface area (Å²) in [6.07, 6.45) is 12.7. The van der Waals surface area contributed by atoms with Gasteiger partial charge in [0.15, 0.2) is 9.76 Å². The smallest absolute Gasteiger partial charge is 0.162 e. The molecule has 0 aliphatic carbocycles. The molecule has 0 saturated carbocycles. The second-order valence-corrected chi connectivity index (χ2v) is 6.43. The first-order valence-corrected chi connectivity index (χ1v) is 9.52. The molecule has 0 saturated heterocycles. The lowest BCUT2D eigenvalue weighted by Gasteiger charge is -2.14. The van der Waals surface area contributed by atoms with Crippen molar-refractivity contribution < 1.29 is 4.43 Å². The van der Waals surface area contributed by atoms with Crippen molar-refractivity contribution in [1.29, 1.82) is 0 Å². The van der Waals surface area contributed by atoms with Gasteiger partial charge in [0.25, 0.3) is 0 Å². The fourth-order valence-electron chi connectivity index (χ4n) is 1.96. The molecule has 0 radical (unpaired) electrons. The second kappa shape index (κ2) is 14.9. The highest BCUT2D eigenvalue weighted by Gasteiger charge is 2.03. The Morgan fingerprint density at radius 3 is 2.61 bits per heavy atom. The summed E-state index contributed by atoms with van der Waals surface area (Å²) in [5, 5.41) is 0. The van der Waals surface area contributed by atoms with Crippen LogP contribution in [0.15, 0.2) is 4.99 Å². The lowest BCUT2D eigenvalue weighted by molar-refractivity contribution is 0.195. The largest absolute Gasteiger partial charge is 0.421 e. The van der Waals surface area contributed by atoms with E-state index in [2.05, 4.69) is 32.0 Å². The first-order chi connectivity index (χ1) is 8.85. The van der Waals surface area contributed by atoms with E-state index in [0.29, 0.717) is 6.10 Å². The molecule has 3 heteroatoms. The van der Waals surface area contributed by atoms with Gasteiger partial charge in [-0.15, -0.1) is 0 Å². The van der Waals surface area contributed by atoms with Crippen LogP contribution in [0.3, 0.4) is 0 Å². The fraction of sp³-hybridized carbons (Fsp3) is 0.933. The molecule has 108 valence electrons. The Balaban J connectivity index is 3.25. The van der Waals surface area contributed by atoms with E-state index in [4.69, 9.17) is 4.43 Å². The van der Waals surface area contributed by atoms with E-state index in [1.807, 2.05) is 0 Å². The van der Waals surface area contributed by atoms with Gasteiger partial charge < -0.3 is 4.43 Å². The first kappa shape index (κ1) is 17.8. The minimum Gasteiger partial charge on any atom is -0.421 e. The van der Waals surface area contributed by atoms with Crippen LogP contribution in [0.5, 0.6) is 0 Å². The molecular formula is C15H33NOSi. The number of hydrogen-bond acceptors (Lipinski definition) is 2. The molecule has 0 aromatic heterocycles. The maximum Gasteiger partial charge on any atom is 0.162 e. The maximum absolute atomic E-state index is 5.97. The topological polar surface area (TPSA) is 21.6 Å². The summed E-state index contributed by atoms with van der Waals surface area (Å²) in [5.74, 6) is 0. The van der Waals surface area contributed by atoms with Gasteiger partial charge in [0.1, 0.15) is 0 Å². The van der Waals surface area contributed by atoms with Crippen LogP contribution in [0.1, 0.15) is 72.1 Å². The zero-order valence-electron chi connectivity index (χ0n) is 12.8. The van der Waals surface area contributed by atoms with Crippen molar-refractivity contribution >= 4 is 16.0 Å². The van der Waals surface area contributed by atoms with Gasteiger partial charge in [-0.3, -0.25) is 4.99 Å². The molecule has 0 aliphatic heterocycles. The molecule has 0 aliphatic rings. The van der Waals surface area contributed by atoms with E-state index in [1.54, 1.807) is 0 Å². The van der Waals surface area contributed by atoms with E-state index < -0.39 is 0 Å². The Labute approximate surface area is 117 Å². The molecule has 0 rings (SSSR count). The zero-order chi connectivity index (χ0) is 13.5. The van der Waals surface area contributed by atoms with Crippen molar-refractivity contribution in [3.63, 3.8) is 0 Å². The van der Waals surface area contributed by atoms with Crippen molar-refractivity contribution in [2.24, 2.45) is 4.99 Å². The third kappa shape index (κ3) is 12.3. The van der Waals surface area contributed by atoms with Crippen LogP contribution in [-0.2, 0) is 4.43 Å². The highest BCUT2D eigenvalue weighted by molar-refractivity contribution is 6.27. The summed E-state index contributed by atoms with van der Waals surface area (Å²) < 4.78 is 5.97. The molecule has 0 heterocycles. The minimum atomic E-state index is -0.306. The van der Waals surface area contributed by atoms with Gasteiger partial charge in [0.2, 0.25) is 0 Å². The van der Waals surface area contributed by atoms with Crippen molar-refractivity contribution in [1.82, 2.24) is 0 Å². The first-order valence-electron chi connectivity index (χ1n) is 7.94. The Bertz CT molecular complexity index is 185. The van der Waals surface area contributed by atoms with Gasteiger partial charge in [0.05, 0.1) is 0 Å². The zero-order valence-corrected chi connectivity index (χ0v) is 14.2. The van der Waals surface area contributed by atoms with E-state index >= 15 is 0 Å². The van der Waals surface area contributed by atoms with E-state index in [1.165, 1.54) is 51.0 Å². The Kier molecular flexibility index (Phi) is 14.8. The fourth-order valence-corrected chi connectivity index (χ4v) is 3.22. The van der Waals surface area contributed by atoms with Crippen LogP contribution in [0, 0.1) is 0 Å². The highest BCUT2D eigenvalue weighted by Crippen LogP contribution is 2.06. The molecule has 2 nitrogen and oxygen atoms in total. The normalized spacial score (nSPS) is 13.9. The van der Waals surface area contributed by atoms with Crippen molar-refractivity contribution in [3.8, 4) is 0 Å². The van der Waals surface area contributed by atoms with Gasteiger partial charge in [-0.05, 0) is 37.9 Å². The minimum absolute atomic E-state index is 0.306. The number of rotatable bonds is 13. The van der Waals surface area contributed by atoms with E-state index in [-0.39, 0.29) is 9.76 Å². The number of nitrogens with zero attached hydrogens (tertiary/aromatic N) is 1. The summed E-state index contributed by atoms with van der Waals surface area (Å²) in [5.41, 5.74) is 0. The van der Waals surface area contributed by atoms with Crippen LogP contribution >= 0.6 is 0 Å². The molecule has 0 bridgehead atoms. The monoisotopic (exact) mass is 271 g/mol. The summed E-state index contributed by atoms with van der Waals surface area (Å²) in [4.78, 5) is 4.46. The third-order valence-corrected chi connectivity index (χ3v) is 4.57. The van der Waals surface area contributed by atoms with Crippen LogP contribution < -0.4 is 0 Å². The lowest BCUT2D eigenvalue weighted by atomic mass is 10.2. The molecule has 0 spiro atoms. The van der Waals surface area contributed by atoms with Crippen LogP contribution in [0.2, 0.25) is 6.04 Å². The van der Waals surface area contributed by atoms with Crippen molar-refractivity contribution in [3.05, 3.63) is 0 Å². The standard InChI is InChI=1S/C15H33NOSi/c1-4-7-8-9-12-16-13-10-14-18-17-15(6-3)11-5-2/h13,15H,4-12,14,18H2,1-3H3. The maximum atomic E-state index is 5.97. The lowest BCUT2D eigenvalue weighted by Crippen LogP contribution is -2.14. The molecule has 18 heavy (non-hydrogen) atoms. The van der Waals surface area contributed by atoms with Gasteiger partial charge in [-0.2, -0.15) is 0 Å². The molecule has 0 amide bonds. The number of aliphatic imine (C=N–C) groups is 1. The Hall–Kier alpha value is -0.153. The molecule has 0 aromatic rings. The molecular weight excluding hydrogens is 238 g/mol. The number of hydrogen-bond donors (Lipinski definition) is 0. The van der Waals surface area contributed by atoms with Gasteiger partial charge >= 0.3 is 0 Å². The average Bonchev–Trinajstić information content (AvgIpc) is 2.39. The van der Waals surface area contributed by atoms with Gasteiger partial charge in [0, 0.05) is 12.6 Å². The highest BCUT2D eigenvalue weighted by atomic mass is 28.2. The third-order valence-electron chi connectivity index (χ3n) is 3.17. The summed E-state index contributed by atoms with van der Waals surface area (Å²) in [6, 6.07) is 1.25. The molecule has 1 unspecified atom stereocenters. The number of unbranched alkanes of at least 4 members (excludes halogenated alkanes) is 3. The average molecular weight is 272 g/mol. The van der Waals surface area contributed by atoms with E-state index in [0.717, 1.165) is 13.0 Å². The summed E-state index contributed by atoms with van der Waals surface area (Å²) >= 11 is 0. The van der Waals surface area contributed by atoms with Crippen molar-refractivity contribution in [2.75, 3.05) is 6.54 Å². The van der Waals surface area contributed by atoms with Crippen molar-refractivity contribution in [2.45, 2.75) is 84.3 Å². The Morgan fingerprint density at radius 2 is 1.94 bits per heavy atom. The summed E-state index contributed by atoms with van der Waals surface area (Å²) in [6.45, 7) is 7.73.